The number of carbonyl (C=O) groups excluding carboxylic acids is 3. The van der Waals surface area contributed by atoms with E-state index in [2.05, 4.69) is 33.2 Å². The standard InChI is InChI=1S/C17H20BrN3O3/c1-20-7-4-12(5-8-20)19-15(22)6-9-21-16(23)13-3-2-11(18)10-14(13)17(21)24/h2-3,10,12H,4-9H2,1H3,(H,19,22). The summed E-state index contributed by atoms with van der Waals surface area (Å²) in [6.45, 7) is 2.05. The molecule has 0 bridgehead atoms. The molecule has 1 fully saturated rings. The highest BCUT2D eigenvalue weighted by Gasteiger charge is 2.35. The van der Waals surface area contributed by atoms with Crippen LogP contribution >= 0.6 is 15.9 Å². The molecule has 1 N–H and O–H groups in total. The van der Waals surface area contributed by atoms with Crippen molar-refractivity contribution in [3.8, 4) is 0 Å². The van der Waals surface area contributed by atoms with Gasteiger partial charge in [-0.25, -0.2) is 0 Å². The largest absolute Gasteiger partial charge is 0.353 e. The van der Waals surface area contributed by atoms with Crippen molar-refractivity contribution in [1.29, 1.82) is 0 Å². The van der Waals surface area contributed by atoms with Gasteiger partial charge in [0.05, 0.1) is 11.1 Å². The number of fused-ring (bicyclic) bond motifs is 1. The van der Waals surface area contributed by atoms with Crippen LogP contribution in [0.3, 0.4) is 0 Å². The van der Waals surface area contributed by atoms with E-state index in [4.69, 9.17) is 0 Å². The van der Waals surface area contributed by atoms with Crippen molar-refractivity contribution in [2.45, 2.75) is 25.3 Å². The minimum Gasteiger partial charge on any atom is -0.353 e. The van der Waals surface area contributed by atoms with Gasteiger partial charge in [-0.2, -0.15) is 0 Å². The van der Waals surface area contributed by atoms with Gasteiger partial charge in [-0.15, -0.1) is 0 Å². The lowest BCUT2D eigenvalue weighted by molar-refractivity contribution is -0.122. The van der Waals surface area contributed by atoms with Crippen LogP contribution in [0.2, 0.25) is 0 Å². The van der Waals surface area contributed by atoms with Gasteiger partial charge in [0.1, 0.15) is 0 Å². The van der Waals surface area contributed by atoms with Crippen molar-refractivity contribution in [3.05, 3.63) is 33.8 Å². The van der Waals surface area contributed by atoms with Crippen molar-refractivity contribution >= 4 is 33.7 Å². The van der Waals surface area contributed by atoms with E-state index in [0.717, 1.165) is 35.3 Å². The normalized spacial score (nSPS) is 18.8. The Bertz CT molecular complexity index is 684. The predicted octanol–water partition coefficient (Wildman–Crippen LogP) is 1.65. The van der Waals surface area contributed by atoms with Crippen LogP contribution in [0.25, 0.3) is 0 Å². The predicted molar refractivity (Wildman–Crippen MR) is 92.8 cm³/mol. The Labute approximate surface area is 149 Å². The van der Waals surface area contributed by atoms with Gasteiger partial charge in [-0.3, -0.25) is 19.3 Å². The second kappa shape index (κ2) is 7.03. The van der Waals surface area contributed by atoms with Crippen LogP contribution < -0.4 is 5.32 Å². The molecule has 3 amide bonds. The van der Waals surface area contributed by atoms with Crippen LogP contribution in [0.5, 0.6) is 0 Å². The van der Waals surface area contributed by atoms with Gasteiger partial charge in [-0.05, 0) is 51.2 Å². The first-order chi connectivity index (χ1) is 11.5. The fourth-order valence-corrected chi connectivity index (χ4v) is 3.49. The zero-order valence-corrected chi connectivity index (χ0v) is 15.1. The average molecular weight is 394 g/mol. The Kier molecular flexibility index (Phi) is 5.01. The molecule has 2 aliphatic rings. The van der Waals surface area contributed by atoms with Gasteiger partial charge >= 0.3 is 0 Å². The molecule has 1 saturated heterocycles. The van der Waals surface area contributed by atoms with Crippen molar-refractivity contribution < 1.29 is 14.4 Å². The molecule has 2 heterocycles. The maximum absolute atomic E-state index is 12.3. The number of nitrogens with zero attached hydrogens (tertiary/aromatic N) is 2. The molecular weight excluding hydrogens is 374 g/mol. The van der Waals surface area contributed by atoms with Crippen molar-refractivity contribution in [2.75, 3.05) is 26.7 Å². The Balaban J connectivity index is 1.55. The topological polar surface area (TPSA) is 69.7 Å². The third-order valence-corrected chi connectivity index (χ3v) is 5.07. The van der Waals surface area contributed by atoms with Crippen LogP contribution in [-0.4, -0.2) is 60.2 Å². The SMILES string of the molecule is CN1CCC(NC(=O)CCN2C(=O)c3ccc(Br)cc3C2=O)CC1. The van der Waals surface area contributed by atoms with Crippen molar-refractivity contribution in [1.82, 2.24) is 15.1 Å². The minimum atomic E-state index is -0.330. The van der Waals surface area contributed by atoms with Crippen LogP contribution in [0.1, 0.15) is 40.0 Å². The molecule has 6 nitrogen and oxygen atoms in total. The molecular formula is C17H20BrN3O3. The number of piperidine rings is 1. The number of hydrogen-bond donors (Lipinski definition) is 1. The van der Waals surface area contributed by atoms with Crippen LogP contribution in [0.15, 0.2) is 22.7 Å². The molecule has 2 aliphatic heterocycles. The molecule has 0 aromatic heterocycles. The fourth-order valence-electron chi connectivity index (χ4n) is 3.13. The Morgan fingerprint density at radius 1 is 1.21 bits per heavy atom. The number of benzene rings is 1. The third kappa shape index (κ3) is 3.52. The number of nitrogens with one attached hydrogen (secondary N) is 1. The highest BCUT2D eigenvalue weighted by atomic mass is 79.9. The summed E-state index contributed by atoms with van der Waals surface area (Å²) >= 11 is 3.30. The molecule has 3 rings (SSSR count). The maximum Gasteiger partial charge on any atom is 0.261 e. The van der Waals surface area contributed by atoms with E-state index in [9.17, 15) is 14.4 Å². The second-order valence-electron chi connectivity index (χ2n) is 6.35. The number of imide groups is 1. The highest BCUT2D eigenvalue weighted by Crippen LogP contribution is 2.26. The van der Waals surface area contributed by atoms with Crippen LogP contribution in [-0.2, 0) is 4.79 Å². The van der Waals surface area contributed by atoms with E-state index >= 15 is 0 Å². The van der Waals surface area contributed by atoms with E-state index in [1.165, 1.54) is 0 Å². The number of halogens is 1. The van der Waals surface area contributed by atoms with Crippen LogP contribution in [0, 0.1) is 0 Å². The Morgan fingerprint density at radius 3 is 2.58 bits per heavy atom. The van der Waals surface area contributed by atoms with E-state index < -0.39 is 0 Å². The average Bonchev–Trinajstić information content (AvgIpc) is 2.78. The summed E-state index contributed by atoms with van der Waals surface area (Å²) in [5, 5.41) is 3.00. The number of likely N-dealkylation sites (tertiary alicyclic amines) is 1. The number of carbonyl (C=O) groups is 3. The molecule has 7 heteroatoms. The Morgan fingerprint density at radius 2 is 1.88 bits per heavy atom. The van der Waals surface area contributed by atoms with E-state index in [-0.39, 0.29) is 36.7 Å². The molecule has 0 atom stereocenters. The molecule has 0 aliphatic carbocycles. The minimum absolute atomic E-state index is 0.109. The number of rotatable bonds is 4. The zero-order valence-electron chi connectivity index (χ0n) is 13.5. The fraction of sp³-hybridized carbons (Fsp3) is 0.471. The number of amides is 3. The van der Waals surface area contributed by atoms with Crippen molar-refractivity contribution in [3.63, 3.8) is 0 Å². The highest BCUT2D eigenvalue weighted by molar-refractivity contribution is 9.10. The molecule has 0 unspecified atom stereocenters. The molecule has 128 valence electrons. The summed E-state index contributed by atoms with van der Waals surface area (Å²) in [4.78, 5) is 40.2. The quantitative estimate of drug-likeness (QED) is 0.789. The first-order valence-corrected chi connectivity index (χ1v) is 8.88. The van der Waals surface area contributed by atoms with Crippen LogP contribution in [0.4, 0.5) is 0 Å². The summed E-state index contributed by atoms with van der Waals surface area (Å²) in [5.41, 5.74) is 0.795. The summed E-state index contributed by atoms with van der Waals surface area (Å²) in [6.07, 6.45) is 2.01. The molecule has 1 aromatic carbocycles. The van der Waals surface area contributed by atoms with Gasteiger partial charge in [0.15, 0.2) is 0 Å². The lowest BCUT2D eigenvalue weighted by atomic mass is 10.1. The van der Waals surface area contributed by atoms with Crippen molar-refractivity contribution in [2.24, 2.45) is 0 Å². The van der Waals surface area contributed by atoms with Gasteiger partial charge in [-0.1, -0.05) is 15.9 Å². The summed E-state index contributed by atoms with van der Waals surface area (Å²) < 4.78 is 0.754. The smallest absolute Gasteiger partial charge is 0.261 e. The van der Waals surface area contributed by atoms with Gasteiger partial charge in [0.25, 0.3) is 11.8 Å². The van der Waals surface area contributed by atoms with Gasteiger partial charge in [0, 0.05) is 23.5 Å². The maximum atomic E-state index is 12.3. The number of hydrogen-bond acceptors (Lipinski definition) is 4. The van der Waals surface area contributed by atoms with Gasteiger partial charge < -0.3 is 10.2 Å². The van der Waals surface area contributed by atoms with E-state index in [1.807, 2.05) is 0 Å². The molecule has 0 spiro atoms. The third-order valence-electron chi connectivity index (χ3n) is 4.58. The summed E-state index contributed by atoms with van der Waals surface area (Å²) in [7, 11) is 2.07. The summed E-state index contributed by atoms with van der Waals surface area (Å²) in [5.74, 6) is -0.764. The summed E-state index contributed by atoms with van der Waals surface area (Å²) in [6, 6.07) is 5.21. The lowest BCUT2D eigenvalue weighted by Gasteiger charge is -2.29. The monoisotopic (exact) mass is 393 g/mol. The molecule has 24 heavy (non-hydrogen) atoms. The molecule has 0 saturated carbocycles. The van der Waals surface area contributed by atoms with E-state index in [0.29, 0.717) is 11.1 Å². The first-order valence-electron chi connectivity index (χ1n) is 8.09. The van der Waals surface area contributed by atoms with Gasteiger partial charge in [0.2, 0.25) is 5.91 Å². The molecule has 0 radical (unpaired) electrons. The Hall–Kier alpha value is -1.73. The lowest BCUT2D eigenvalue weighted by Crippen LogP contribution is -2.44. The second-order valence-corrected chi connectivity index (χ2v) is 7.26. The first kappa shape index (κ1) is 17.1. The van der Waals surface area contributed by atoms with E-state index in [1.54, 1.807) is 18.2 Å². The zero-order chi connectivity index (χ0) is 17.3. The molecule has 1 aromatic rings.